The van der Waals surface area contributed by atoms with Gasteiger partial charge in [-0.05, 0) is 36.8 Å². The van der Waals surface area contributed by atoms with E-state index in [4.69, 9.17) is 9.47 Å². The van der Waals surface area contributed by atoms with Gasteiger partial charge in [0.1, 0.15) is 0 Å². The van der Waals surface area contributed by atoms with E-state index >= 15 is 0 Å². The van der Waals surface area contributed by atoms with E-state index in [0.717, 1.165) is 13.0 Å². The molecule has 0 saturated heterocycles. The molecular weight excluding hydrogens is 376 g/mol. The van der Waals surface area contributed by atoms with Gasteiger partial charge in [-0.3, -0.25) is 4.79 Å². The largest absolute Gasteiger partial charge is 1.00 e. The van der Waals surface area contributed by atoms with Crippen molar-refractivity contribution in [2.75, 3.05) is 20.8 Å². The van der Waals surface area contributed by atoms with E-state index in [1.54, 1.807) is 32.4 Å². The zero-order valence-corrected chi connectivity index (χ0v) is 17.3. The van der Waals surface area contributed by atoms with Crippen LogP contribution in [0.3, 0.4) is 0 Å². The molecule has 0 radical (unpaired) electrons. The van der Waals surface area contributed by atoms with Crippen LogP contribution in [-0.4, -0.2) is 37.6 Å². The lowest BCUT2D eigenvalue weighted by Gasteiger charge is -2.11. The molecule has 6 heteroatoms. The summed E-state index contributed by atoms with van der Waals surface area (Å²) < 4.78 is 10.5. The fraction of sp³-hybridized carbons (Fsp3) is 0.318. The second-order valence-electron chi connectivity index (χ2n) is 6.81. The minimum absolute atomic E-state index is 0. The van der Waals surface area contributed by atoms with Crippen LogP contribution in [0.15, 0.2) is 48.7 Å². The van der Waals surface area contributed by atoms with Gasteiger partial charge in [0, 0.05) is 29.1 Å². The standard InChI is InChI=1S/C22H26N2O3.ClH/c1-15(12-17-14-24-19-7-5-4-6-18(17)19)23-11-10-20(25)16-8-9-21(26-2)22(13-16)27-3;/h4-9,13-15,23-24H,10-12H2,1-3H3;1H. The molecule has 3 rings (SSSR count). The summed E-state index contributed by atoms with van der Waals surface area (Å²) in [5, 5.41) is 3.51. The van der Waals surface area contributed by atoms with Crippen molar-refractivity contribution in [2.45, 2.75) is 25.8 Å². The van der Waals surface area contributed by atoms with Crippen molar-refractivity contribution in [1.29, 1.82) is 0 Å². The third-order valence-electron chi connectivity index (χ3n) is 4.86. The van der Waals surface area contributed by atoms with Gasteiger partial charge in [-0.15, -0.1) is 0 Å². The summed E-state index contributed by atoms with van der Waals surface area (Å²) in [4.78, 5) is 15.8. The van der Waals surface area contributed by atoms with Gasteiger partial charge in [0.05, 0.1) is 33.2 Å². The van der Waals surface area contributed by atoms with E-state index in [9.17, 15) is 4.79 Å². The Kier molecular flexibility index (Phi) is 7.91. The molecule has 1 aromatic heterocycles. The first-order valence-corrected chi connectivity index (χ1v) is 9.26. The van der Waals surface area contributed by atoms with E-state index in [1.807, 2.05) is 6.07 Å². The molecule has 0 aliphatic heterocycles. The van der Waals surface area contributed by atoms with Gasteiger partial charge in [0.15, 0.2) is 17.3 Å². The fourth-order valence-corrected chi connectivity index (χ4v) is 3.38. The summed E-state index contributed by atoms with van der Waals surface area (Å²) >= 11 is 0. The number of fused-ring (bicyclic) bond motifs is 1. The number of hydrogen-bond acceptors (Lipinski definition) is 3. The molecule has 0 bridgehead atoms. The highest BCUT2D eigenvalue weighted by Crippen LogP contribution is 2.27. The highest BCUT2D eigenvalue weighted by Gasteiger charge is 2.14. The lowest BCUT2D eigenvalue weighted by molar-refractivity contribution is -0.684. The Morgan fingerprint density at radius 2 is 1.86 bits per heavy atom. The lowest BCUT2D eigenvalue weighted by Crippen LogP contribution is -3.00. The van der Waals surface area contributed by atoms with Crippen LogP contribution >= 0.6 is 0 Å². The van der Waals surface area contributed by atoms with Crippen molar-refractivity contribution in [3.05, 3.63) is 59.8 Å². The quantitative estimate of drug-likeness (QED) is 0.493. The lowest BCUT2D eigenvalue weighted by atomic mass is 10.1. The number of carbonyl (C=O) groups is 1. The number of aromatic nitrogens is 1. The average molecular weight is 403 g/mol. The van der Waals surface area contributed by atoms with Crippen LogP contribution in [0.25, 0.3) is 10.9 Å². The Hall–Kier alpha value is -2.50. The van der Waals surface area contributed by atoms with Gasteiger partial charge >= 0.3 is 0 Å². The third-order valence-corrected chi connectivity index (χ3v) is 4.86. The number of carbonyl (C=O) groups excluding carboxylic acids is 1. The Morgan fingerprint density at radius 3 is 2.61 bits per heavy atom. The highest BCUT2D eigenvalue weighted by atomic mass is 35.5. The first-order valence-electron chi connectivity index (χ1n) is 9.26. The topological polar surface area (TPSA) is 67.9 Å². The molecule has 3 aromatic rings. The van der Waals surface area contributed by atoms with Crippen molar-refractivity contribution < 1.29 is 32.0 Å². The number of ether oxygens (including phenoxy) is 2. The van der Waals surface area contributed by atoms with Crippen molar-refractivity contribution in [2.24, 2.45) is 0 Å². The normalized spacial score (nSPS) is 11.7. The van der Waals surface area contributed by atoms with Gasteiger partial charge in [0.25, 0.3) is 0 Å². The van der Waals surface area contributed by atoms with E-state index in [2.05, 4.69) is 41.6 Å². The number of halogens is 1. The molecule has 28 heavy (non-hydrogen) atoms. The first kappa shape index (κ1) is 21.8. The Balaban J connectivity index is 0.00000280. The van der Waals surface area contributed by atoms with Crippen LogP contribution in [0.1, 0.15) is 29.3 Å². The Labute approximate surface area is 171 Å². The molecule has 0 saturated carbocycles. The van der Waals surface area contributed by atoms with E-state index < -0.39 is 0 Å². The fourth-order valence-electron chi connectivity index (χ4n) is 3.38. The van der Waals surface area contributed by atoms with Gasteiger partial charge in [-0.1, -0.05) is 18.2 Å². The van der Waals surface area contributed by atoms with E-state index in [0.29, 0.717) is 29.5 Å². The predicted octanol–water partition coefficient (Wildman–Crippen LogP) is -0.0435. The molecule has 2 aromatic carbocycles. The number of ketones is 1. The number of Topliss-reactive ketones (excluding diaryl/α,β-unsaturated/α-hetero) is 1. The van der Waals surface area contributed by atoms with E-state index in [-0.39, 0.29) is 18.2 Å². The number of nitrogens with one attached hydrogen (secondary N) is 1. The SMILES string of the molecule is COc1ccc(C(=O)CC[NH2+]C(C)Cc2c[nH]c3ccccc23)cc1OC.[Cl-]. The van der Waals surface area contributed by atoms with Gasteiger partial charge in [-0.25, -0.2) is 0 Å². The van der Waals surface area contributed by atoms with Crippen LogP contribution in [-0.2, 0) is 6.42 Å². The number of nitrogens with two attached hydrogens (primary N) is 1. The summed E-state index contributed by atoms with van der Waals surface area (Å²) in [6.45, 7) is 2.96. The molecule has 0 spiro atoms. The Bertz CT molecular complexity index is 923. The molecule has 1 heterocycles. The van der Waals surface area contributed by atoms with Crippen molar-refractivity contribution in [3.63, 3.8) is 0 Å². The smallest absolute Gasteiger partial charge is 0.168 e. The molecule has 3 N–H and O–H groups in total. The average Bonchev–Trinajstić information content (AvgIpc) is 3.10. The number of H-pyrrole nitrogens is 1. The zero-order valence-electron chi connectivity index (χ0n) is 16.5. The highest BCUT2D eigenvalue weighted by molar-refractivity contribution is 5.96. The first-order chi connectivity index (χ1) is 13.1. The summed E-state index contributed by atoms with van der Waals surface area (Å²) in [6.07, 6.45) is 3.55. The van der Waals surface area contributed by atoms with Crippen molar-refractivity contribution in [1.82, 2.24) is 4.98 Å². The number of para-hydroxylation sites is 1. The second-order valence-corrected chi connectivity index (χ2v) is 6.81. The van der Waals surface area contributed by atoms with Gasteiger partial charge in [-0.2, -0.15) is 0 Å². The van der Waals surface area contributed by atoms with Crippen LogP contribution in [0.2, 0.25) is 0 Å². The molecule has 1 atom stereocenters. The number of rotatable bonds is 9. The number of hydrogen-bond donors (Lipinski definition) is 2. The maximum atomic E-state index is 12.5. The summed E-state index contributed by atoms with van der Waals surface area (Å²) in [7, 11) is 3.16. The summed E-state index contributed by atoms with van der Waals surface area (Å²) in [5.74, 6) is 1.33. The van der Waals surface area contributed by atoms with Gasteiger partial charge < -0.3 is 32.2 Å². The van der Waals surface area contributed by atoms with Gasteiger partial charge in [0.2, 0.25) is 0 Å². The zero-order chi connectivity index (χ0) is 19.2. The summed E-state index contributed by atoms with van der Waals surface area (Å²) in [6, 6.07) is 14.1. The minimum Gasteiger partial charge on any atom is -1.00 e. The Morgan fingerprint density at radius 1 is 1.11 bits per heavy atom. The number of aromatic amines is 1. The van der Waals surface area contributed by atoms with Crippen molar-refractivity contribution in [3.8, 4) is 11.5 Å². The molecule has 1 unspecified atom stereocenters. The maximum Gasteiger partial charge on any atom is 0.168 e. The molecule has 5 nitrogen and oxygen atoms in total. The van der Waals surface area contributed by atoms with Crippen LogP contribution < -0.4 is 27.2 Å². The maximum absolute atomic E-state index is 12.5. The monoisotopic (exact) mass is 402 g/mol. The molecule has 0 amide bonds. The molecular formula is C22H27ClN2O3. The van der Waals surface area contributed by atoms with E-state index in [1.165, 1.54) is 16.5 Å². The minimum atomic E-state index is 0. The number of benzene rings is 2. The molecule has 0 aliphatic carbocycles. The predicted molar refractivity (Wildman–Crippen MR) is 107 cm³/mol. The molecule has 0 aliphatic rings. The number of methoxy groups -OCH3 is 2. The van der Waals surface area contributed by atoms with Crippen molar-refractivity contribution >= 4 is 16.7 Å². The molecule has 0 fully saturated rings. The third kappa shape index (κ3) is 5.06. The van der Waals surface area contributed by atoms with Crippen LogP contribution in [0.4, 0.5) is 0 Å². The van der Waals surface area contributed by atoms with Crippen LogP contribution in [0, 0.1) is 0 Å². The summed E-state index contributed by atoms with van der Waals surface area (Å²) in [5.41, 5.74) is 3.15. The van der Waals surface area contributed by atoms with Crippen LogP contribution in [0.5, 0.6) is 11.5 Å². The second kappa shape index (κ2) is 10.2. The molecule has 150 valence electrons. The number of quaternary nitrogens is 1.